The van der Waals surface area contributed by atoms with Gasteiger partial charge in [-0.25, -0.2) is 0 Å². The molecule has 0 radical (unpaired) electrons. The summed E-state index contributed by atoms with van der Waals surface area (Å²) in [6, 6.07) is 26.4. The van der Waals surface area contributed by atoms with E-state index < -0.39 is 0 Å². The Labute approximate surface area is 309 Å². The Morgan fingerprint density at radius 3 is 1.18 bits per heavy atom. The van der Waals surface area contributed by atoms with Crippen LogP contribution in [0.4, 0.5) is 0 Å². The van der Waals surface area contributed by atoms with Crippen molar-refractivity contribution < 1.29 is 9.47 Å². The van der Waals surface area contributed by atoms with Crippen molar-refractivity contribution in [2.75, 3.05) is 13.2 Å². The number of rotatable bonds is 31. The summed E-state index contributed by atoms with van der Waals surface area (Å²) in [6.07, 6.45) is 33.0. The maximum absolute atomic E-state index is 6.24. The van der Waals surface area contributed by atoms with Crippen LogP contribution in [0.5, 0.6) is 5.75 Å². The highest BCUT2D eigenvalue weighted by molar-refractivity contribution is 5.83. The highest BCUT2D eigenvalue weighted by Crippen LogP contribution is 2.34. The molecule has 0 aliphatic heterocycles. The average Bonchev–Trinajstić information content (AvgIpc) is 3.15. The fourth-order valence-electron chi connectivity index (χ4n) is 7.08. The molecule has 0 bridgehead atoms. The number of hydrogen-bond acceptors (Lipinski definition) is 2. The molecule has 0 heterocycles. The Bertz CT molecular complexity index is 1200. The fraction of sp³-hybridized carbons (Fsp3) is 0.625. The van der Waals surface area contributed by atoms with E-state index in [1.54, 1.807) is 0 Å². The maximum atomic E-state index is 6.24. The minimum absolute atomic E-state index is 0.120. The van der Waals surface area contributed by atoms with Gasteiger partial charge in [0.2, 0.25) is 0 Å². The van der Waals surface area contributed by atoms with Crippen LogP contribution in [0.15, 0.2) is 72.8 Å². The van der Waals surface area contributed by atoms with Crippen molar-refractivity contribution in [1.82, 2.24) is 0 Å². The SMILES string of the molecule is CCCCCCCCCCCCCCOc1ccc(-c2ccccc2-c2ccc(C(C)OCCCCCCCCCCCCCC)cc2)cc1. The molecule has 3 rings (SSSR count). The van der Waals surface area contributed by atoms with Crippen LogP contribution in [0.2, 0.25) is 0 Å². The van der Waals surface area contributed by atoms with Gasteiger partial charge in [0.1, 0.15) is 5.75 Å². The van der Waals surface area contributed by atoms with Crippen LogP contribution in [-0.2, 0) is 4.74 Å². The van der Waals surface area contributed by atoms with Crippen molar-refractivity contribution in [2.45, 2.75) is 181 Å². The van der Waals surface area contributed by atoms with Gasteiger partial charge in [0.15, 0.2) is 0 Å². The molecule has 2 nitrogen and oxygen atoms in total. The number of benzene rings is 3. The predicted molar refractivity (Wildman–Crippen MR) is 219 cm³/mol. The standard InChI is InChI=1S/C48H74O2/c1-4-6-8-10-12-14-16-18-20-22-24-28-40-49-42(3)43-32-34-44(35-33-43)47-30-26-27-31-48(47)45-36-38-46(39-37-45)50-41-29-25-23-21-19-17-15-13-11-9-7-5-2/h26-27,30-39,42H,4-25,28-29,40-41H2,1-3H3. The minimum atomic E-state index is 0.120. The number of ether oxygens (including phenoxy) is 2. The lowest BCUT2D eigenvalue weighted by Crippen LogP contribution is -2.02. The van der Waals surface area contributed by atoms with Gasteiger partial charge in [-0.05, 0) is 59.7 Å². The molecule has 0 saturated carbocycles. The zero-order valence-electron chi connectivity index (χ0n) is 32.7. The molecule has 50 heavy (non-hydrogen) atoms. The second kappa shape index (κ2) is 28.1. The molecule has 3 aromatic carbocycles. The van der Waals surface area contributed by atoms with Crippen LogP contribution in [-0.4, -0.2) is 13.2 Å². The Morgan fingerprint density at radius 2 is 0.760 bits per heavy atom. The van der Waals surface area contributed by atoms with Gasteiger partial charge in [-0.2, -0.15) is 0 Å². The van der Waals surface area contributed by atoms with Crippen molar-refractivity contribution in [3.63, 3.8) is 0 Å². The lowest BCUT2D eigenvalue weighted by atomic mass is 9.94. The normalized spacial score (nSPS) is 12.0. The number of unbranched alkanes of at least 4 members (excludes halogenated alkanes) is 22. The first-order valence-corrected chi connectivity index (χ1v) is 21.3. The van der Waals surface area contributed by atoms with Crippen molar-refractivity contribution >= 4 is 0 Å². The molecule has 0 amide bonds. The summed E-state index contributed by atoms with van der Waals surface area (Å²) in [7, 11) is 0. The van der Waals surface area contributed by atoms with Crippen LogP contribution in [0.25, 0.3) is 22.3 Å². The minimum Gasteiger partial charge on any atom is -0.494 e. The summed E-state index contributed by atoms with van der Waals surface area (Å²) in [5, 5.41) is 0. The largest absolute Gasteiger partial charge is 0.494 e. The molecule has 0 saturated heterocycles. The van der Waals surface area contributed by atoms with Gasteiger partial charge < -0.3 is 9.47 Å². The maximum Gasteiger partial charge on any atom is 0.119 e. The molecule has 0 fully saturated rings. The van der Waals surface area contributed by atoms with Gasteiger partial charge >= 0.3 is 0 Å². The summed E-state index contributed by atoms with van der Waals surface area (Å²) in [6.45, 7) is 8.43. The highest BCUT2D eigenvalue weighted by atomic mass is 16.5. The quantitative estimate of drug-likeness (QED) is 0.0629. The van der Waals surface area contributed by atoms with E-state index in [1.807, 2.05) is 0 Å². The van der Waals surface area contributed by atoms with Crippen molar-refractivity contribution in [2.24, 2.45) is 0 Å². The van der Waals surface area contributed by atoms with Crippen LogP contribution in [0, 0.1) is 0 Å². The van der Waals surface area contributed by atoms with E-state index in [2.05, 4.69) is 93.6 Å². The molecule has 0 N–H and O–H groups in total. The number of hydrogen-bond donors (Lipinski definition) is 0. The second-order valence-electron chi connectivity index (χ2n) is 14.8. The summed E-state index contributed by atoms with van der Waals surface area (Å²) >= 11 is 0. The molecule has 278 valence electrons. The third-order valence-electron chi connectivity index (χ3n) is 10.4. The first-order valence-electron chi connectivity index (χ1n) is 21.3. The summed E-state index contributed by atoms with van der Waals surface area (Å²) in [5.74, 6) is 0.969. The lowest BCUT2D eigenvalue weighted by molar-refractivity contribution is 0.0627. The molecular formula is C48H74O2. The third kappa shape index (κ3) is 18.1. The predicted octanol–water partition coefficient (Wildman–Crippen LogP) is 15.9. The zero-order chi connectivity index (χ0) is 35.3. The molecule has 1 unspecified atom stereocenters. The molecule has 0 spiro atoms. The van der Waals surface area contributed by atoms with Gasteiger partial charge in [-0.15, -0.1) is 0 Å². The van der Waals surface area contributed by atoms with Crippen LogP contribution in [0.3, 0.4) is 0 Å². The van der Waals surface area contributed by atoms with E-state index >= 15 is 0 Å². The molecule has 0 aliphatic rings. The van der Waals surface area contributed by atoms with E-state index in [0.29, 0.717) is 0 Å². The first-order chi connectivity index (χ1) is 24.7. The smallest absolute Gasteiger partial charge is 0.119 e. The van der Waals surface area contributed by atoms with E-state index in [1.165, 1.54) is 169 Å². The molecule has 0 aromatic heterocycles. The van der Waals surface area contributed by atoms with Crippen LogP contribution < -0.4 is 4.74 Å². The van der Waals surface area contributed by atoms with Gasteiger partial charge in [0.05, 0.1) is 12.7 Å². The summed E-state index contributed by atoms with van der Waals surface area (Å²) in [5.41, 5.74) is 6.23. The zero-order valence-corrected chi connectivity index (χ0v) is 32.7. The average molecular weight is 683 g/mol. The van der Waals surface area contributed by atoms with Gasteiger partial charge in [-0.1, -0.05) is 216 Å². The van der Waals surface area contributed by atoms with Crippen molar-refractivity contribution in [3.05, 3.63) is 78.4 Å². The summed E-state index contributed by atoms with van der Waals surface area (Å²) in [4.78, 5) is 0. The fourth-order valence-corrected chi connectivity index (χ4v) is 7.08. The van der Waals surface area contributed by atoms with E-state index in [4.69, 9.17) is 9.47 Å². The van der Waals surface area contributed by atoms with Crippen molar-refractivity contribution in [3.8, 4) is 28.0 Å². The monoisotopic (exact) mass is 683 g/mol. The summed E-state index contributed by atoms with van der Waals surface area (Å²) < 4.78 is 12.3. The first kappa shape index (κ1) is 41.8. The van der Waals surface area contributed by atoms with Gasteiger partial charge in [-0.3, -0.25) is 0 Å². The highest BCUT2D eigenvalue weighted by Gasteiger charge is 2.10. The van der Waals surface area contributed by atoms with E-state index in [-0.39, 0.29) is 6.10 Å². The molecule has 3 aromatic rings. The molecule has 0 aliphatic carbocycles. The van der Waals surface area contributed by atoms with E-state index in [0.717, 1.165) is 31.8 Å². The van der Waals surface area contributed by atoms with E-state index in [9.17, 15) is 0 Å². The Morgan fingerprint density at radius 1 is 0.400 bits per heavy atom. The Kier molecular flexibility index (Phi) is 23.5. The topological polar surface area (TPSA) is 18.5 Å². The van der Waals surface area contributed by atoms with Crippen LogP contribution in [0.1, 0.15) is 187 Å². The molecule has 1 atom stereocenters. The third-order valence-corrected chi connectivity index (χ3v) is 10.4. The molecular weight excluding hydrogens is 609 g/mol. The van der Waals surface area contributed by atoms with Crippen molar-refractivity contribution in [1.29, 1.82) is 0 Å². The second-order valence-corrected chi connectivity index (χ2v) is 14.8. The van der Waals surface area contributed by atoms with Gasteiger partial charge in [0.25, 0.3) is 0 Å². The molecule has 2 heteroatoms. The Balaban J connectivity index is 1.31. The van der Waals surface area contributed by atoms with Crippen LogP contribution >= 0.6 is 0 Å². The Hall–Kier alpha value is -2.58. The lowest BCUT2D eigenvalue weighted by Gasteiger charge is -2.15. The van der Waals surface area contributed by atoms with Gasteiger partial charge in [0, 0.05) is 6.61 Å².